The van der Waals surface area contributed by atoms with Gasteiger partial charge in [0.15, 0.2) is 5.65 Å². The van der Waals surface area contributed by atoms with E-state index in [4.69, 9.17) is 0 Å². The lowest BCUT2D eigenvalue weighted by molar-refractivity contribution is 0.102. The second kappa shape index (κ2) is 4.41. The summed E-state index contributed by atoms with van der Waals surface area (Å²) in [4.78, 5) is 20.4. The van der Waals surface area contributed by atoms with Gasteiger partial charge in [0.1, 0.15) is 5.82 Å². The van der Waals surface area contributed by atoms with E-state index in [1.807, 2.05) is 14.0 Å². The van der Waals surface area contributed by atoms with E-state index in [1.54, 1.807) is 17.7 Å². The summed E-state index contributed by atoms with van der Waals surface area (Å²) in [5.74, 6) is 0.578. The Morgan fingerprint density at radius 1 is 1.40 bits per heavy atom. The van der Waals surface area contributed by atoms with Crippen molar-refractivity contribution in [1.29, 1.82) is 0 Å². The van der Waals surface area contributed by atoms with Gasteiger partial charge in [-0.2, -0.15) is 10.1 Å². The molecule has 1 amide bonds. The number of hydrogen-bond acceptors (Lipinski definition) is 5. The minimum Gasteiger partial charge on any atom is -0.289 e. The van der Waals surface area contributed by atoms with Gasteiger partial charge in [0.25, 0.3) is 5.91 Å². The molecule has 0 atom stereocenters. The first-order valence-electron chi connectivity index (χ1n) is 6.04. The van der Waals surface area contributed by atoms with Crippen molar-refractivity contribution in [3.05, 3.63) is 29.3 Å². The van der Waals surface area contributed by atoms with Gasteiger partial charge >= 0.3 is 0 Å². The van der Waals surface area contributed by atoms with E-state index in [-0.39, 0.29) is 11.9 Å². The summed E-state index contributed by atoms with van der Waals surface area (Å²) in [7, 11) is 1.82. The molecular formula is C12H13N7O. The zero-order chi connectivity index (χ0) is 14.3. The summed E-state index contributed by atoms with van der Waals surface area (Å²) in [6.45, 7) is 3.64. The van der Waals surface area contributed by atoms with Crippen LogP contribution in [0.2, 0.25) is 0 Å². The molecule has 102 valence electrons. The van der Waals surface area contributed by atoms with E-state index in [0.29, 0.717) is 11.4 Å². The SMILES string of the molecule is Cc1nc(NC(=O)c2cnc3c(c2)c(C)nn3C)n[nH]1. The molecule has 0 unspecified atom stereocenters. The fraction of sp³-hybridized carbons (Fsp3) is 0.250. The van der Waals surface area contributed by atoms with Crippen LogP contribution in [-0.2, 0) is 7.05 Å². The van der Waals surface area contributed by atoms with Crippen LogP contribution < -0.4 is 5.32 Å². The van der Waals surface area contributed by atoms with Gasteiger partial charge in [-0.1, -0.05) is 0 Å². The van der Waals surface area contributed by atoms with Crippen LogP contribution in [0.25, 0.3) is 11.0 Å². The van der Waals surface area contributed by atoms with E-state index >= 15 is 0 Å². The lowest BCUT2D eigenvalue weighted by atomic mass is 10.2. The van der Waals surface area contributed by atoms with Crippen LogP contribution in [0.5, 0.6) is 0 Å². The Morgan fingerprint density at radius 2 is 2.20 bits per heavy atom. The largest absolute Gasteiger partial charge is 0.289 e. The van der Waals surface area contributed by atoms with Crippen molar-refractivity contribution in [2.45, 2.75) is 13.8 Å². The van der Waals surface area contributed by atoms with Crippen molar-refractivity contribution in [2.24, 2.45) is 7.05 Å². The molecule has 3 rings (SSSR count). The Hall–Kier alpha value is -2.77. The molecule has 8 heteroatoms. The first kappa shape index (κ1) is 12.3. The average Bonchev–Trinajstić information content (AvgIpc) is 2.94. The number of carbonyl (C=O) groups is 1. The summed E-state index contributed by atoms with van der Waals surface area (Å²) in [5.41, 5.74) is 2.02. The van der Waals surface area contributed by atoms with Crippen LogP contribution in [0.15, 0.2) is 12.3 Å². The molecule has 0 saturated carbocycles. The number of fused-ring (bicyclic) bond motifs is 1. The molecule has 3 heterocycles. The van der Waals surface area contributed by atoms with Crippen LogP contribution in [0.1, 0.15) is 21.9 Å². The van der Waals surface area contributed by atoms with Crippen LogP contribution >= 0.6 is 0 Å². The molecule has 2 N–H and O–H groups in total. The van der Waals surface area contributed by atoms with Crippen LogP contribution in [0.4, 0.5) is 5.95 Å². The molecule has 0 fully saturated rings. The van der Waals surface area contributed by atoms with Gasteiger partial charge < -0.3 is 0 Å². The highest BCUT2D eigenvalue weighted by atomic mass is 16.1. The number of aromatic nitrogens is 6. The van der Waals surface area contributed by atoms with Gasteiger partial charge in [0.2, 0.25) is 5.95 Å². The van der Waals surface area contributed by atoms with Crippen LogP contribution in [-0.4, -0.2) is 35.9 Å². The molecule has 0 bridgehead atoms. The van der Waals surface area contributed by atoms with E-state index in [0.717, 1.165) is 16.7 Å². The minimum absolute atomic E-state index is 0.246. The van der Waals surface area contributed by atoms with Gasteiger partial charge in [-0.25, -0.2) is 4.98 Å². The summed E-state index contributed by atoms with van der Waals surface area (Å²) >= 11 is 0. The zero-order valence-corrected chi connectivity index (χ0v) is 11.3. The number of hydrogen-bond donors (Lipinski definition) is 2. The highest BCUT2D eigenvalue weighted by molar-refractivity contribution is 6.04. The third-order valence-corrected chi connectivity index (χ3v) is 2.95. The fourth-order valence-corrected chi connectivity index (χ4v) is 2.00. The van der Waals surface area contributed by atoms with Gasteiger partial charge in [-0.05, 0) is 19.9 Å². The maximum atomic E-state index is 12.1. The molecule has 8 nitrogen and oxygen atoms in total. The first-order valence-corrected chi connectivity index (χ1v) is 6.04. The van der Waals surface area contributed by atoms with Crippen LogP contribution in [0.3, 0.4) is 0 Å². The Morgan fingerprint density at radius 3 is 2.90 bits per heavy atom. The monoisotopic (exact) mass is 271 g/mol. The number of anilines is 1. The number of aromatic amines is 1. The van der Waals surface area contributed by atoms with Gasteiger partial charge in [0, 0.05) is 18.6 Å². The van der Waals surface area contributed by atoms with Crippen molar-refractivity contribution < 1.29 is 4.79 Å². The molecule has 0 aromatic carbocycles. The third-order valence-electron chi connectivity index (χ3n) is 2.95. The standard InChI is InChI=1S/C12H13N7O/c1-6-9-4-8(5-13-10(9)19(3)18-6)11(20)15-12-14-7(2)16-17-12/h4-5H,1-3H3,(H2,14,15,16,17,20). The van der Waals surface area contributed by atoms with Crippen molar-refractivity contribution in [2.75, 3.05) is 5.32 Å². The Bertz CT molecular complexity index is 801. The summed E-state index contributed by atoms with van der Waals surface area (Å²) in [6.07, 6.45) is 1.51. The first-order chi connectivity index (χ1) is 9.54. The van der Waals surface area contributed by atoms with Crippen molar-refractivity contribution >= 4 is 22.9 Å². The average molecular weight is 271 g/mol. The Kier molecular flexibility index (Phi) is 2.70. The second-order valence-corrected chi connectivity index (χ2v) is 4.50. The van der Waals surface area contributed by atoms with Crippen molar-refractivity contribution in [3.8, 4) is 0 Å². The molecule has 3 aromatic rings. The summed E-state index contributed by atoms with van der Waals surface area (Å²) in [5, 5.41) is 14.3. The van der Waals surface area contributed by atoms with E-state index < -0.39 is 0 Å². The number of nitrogens with one attached hydrogen (secondary N) is 2. The third kappa shape index (κ3) is 2.00. The quantitative estimate of drug-likeness (QED) is 0.722. The smallest absolute Gasteiger partial charge is 0.259 e. The number of H-pyrrole nitrogens is 1. The van der Waals surface area contributed by atoms with E-state index in [1.165, 1.54) is 6.20 Å². The van der Waals surface area contributed by atoms with Gasteiger partial charge in [0.05, 0.1) is 11.3 Å². The number of rotatable bonds is 2. The molecule has 0 spiro atoms. The maximum absolute atomic E-state index is 12.1. The summed E-state index contributed by atoms with van der Waals surface area (Å²) in [6, 6.07) is 1.76. The summed E-state index contributed by atoms with van der Waals surface area (Å²) < 4.78 is 1.69. The van der Waals surface area contributed by atoms with Crippen molar-refractivity contribution in [3.63, 3.8) is 0 Å². The molecule has 0 aliphatic carbocycles. The van der Waals surface area contributed by atoms with E-state index in [9.17, 15) is 4.79 Å². The van der Waals surface area contributed by atoms with Crippen molar-refractivity contribution in [1.82, 2.24) is 29.9 Å². The topological polar surface area (TPSA) is 101 Å². The highest BCUT2D eigenvalue weighted by Gasteiger charge is 2.13. The number of nitrogens with zero attached hydrogens (tertiary/aromatic N) is 5. The Labute approximate surface area is 114 Å². The van der Waals surface area contributed by atoms with Gasteiger partial charge in [-0.15, -0.1) is 5.10 Å². The second-order valence-electron chi connectivity index (χ2n) is 4.50. The molecule has 20 heavy (non-hydrogen) atoms. The predicted octanol–water partition coefficient (Wildman–Crippen LogP) is 0.956. The van der Waals surface area contributed by atoms with Crippen LogP contribution in [0, 0.1) is 13.8 Å². The molecule has 0 aliphatic rings. The molecule has 0 aliphatic heterocycles. The number of pyridine rings is 1. The molecule has 3 aromatic heterocycles. The zero-order valence-electron chi connectivity index (χ0n) is 11.3. The highest BCUT2D eigenvalue weighted by Crippen LogP contribution is 2.17. The fourth-order valence-electron chi connectivity index (χ4n) is 2.00. The molecule has 0 radical (unpaired) electrons. The minimum atomic E-state index is -0.304. The molecule has 0 saturated heterocycles. The lowest BCUT2D eigenvalue weighted by Crippen LogP contribution is -2.13. The number of amides is 1. The normalized spacial score (nSPS) is 10.9. The van der Waals surface area contributed by atoms with Gasteiger partial charge in [-0.3, -0.25) is 19.9 Å². The number of carbonyl (C=O) groups excluding carboxylic acids is 1. The maximum Gasteiger partial charge on any atom is 0.259 e. The van der Waals surface area contributed by atoms with E-state index in [2.05, 4.69) is 30.6 Å². The Balaban J connectivity index is 1.93. The predicted molar refractivity (Wildman–Crippen MR) is 72.3 cm³/mol. The lowest BCUT2D eigenvalue weighted by Gasteiger charge is -2.01. The number of aryl methyl sites for hydroxylation is 3. The molecular weight excluding hydrogens is 258 g/mol.